The molecule has 2 rings (SSSR count). The van der Waals surface area contributed by atoms with Crippen LogP contribution < -0.4 is 9.83 Å². The van der Waals surface area contributed by atoms with Crippen molar-refractivity contribution >= 4 is 33.3 Å². The van der Waals surface area contributed by atoms with Crippen molar-refractivity contribution in [2.45, 2.75) is 4.90 Å². The lowest BCUT2D eigenvalue weighted by atomic mass is 10.2. The Kier molecular flexibility index (Phi) is 4.15. The minimum Gasteiger partial charge on any atom is -0.545 e. The number of hydrogen-bond acceptors (Lipinski definition) is 4. The number of hydrogen-bond donors (Lipinski definition) is 1. The lowest BCUT2D eigenvalue weighted by Crippen LogP contribution is -2.22. The molecular weight excluding hydrogens is 321 g/mol. The van der Waals surface area contributed by atoms with Crippen molar-refractivity contribution < 1.29 is 22.7 Å². The summed E-state index contributed by atoms with van der Waals surface area (Å²) in [6.07, 6.45) is 0. The molecule has 0 radical (unpaired) electrons. The zero-order chi connectivity index (χ0) is 15.6. The van der Waals surface area contributed by atoms with Crippen LogP contribution >= 0.6 is 11.6 Å². The first-order valence-corrected chi connectivity index (χ1v) is 7.45. The Morgan fingerprint density at radius 3 is 2.29 bits per heavy atom. The predicted molar refractivity (Wildman–Crippen MR) is 73.0 cm³/mol. The smallest absolute Gasteiger partial charge is 0.264 e. The number of sulfonamides is 1. The van der Waals surface area contributed by atoms with Gasteiger partial charge >= 0.3 is 0 Å². The Labute approximate surface area is 125 Å². The van der Waals surface area contributed by atoms with Gasteiger partial charge in [-0.05, 0) is 35.9 Å². The minimum atomic E-state index is -4.14. The number of carboxylic acids is 1. The molecule has 0 atom stereocenters. The number of rotatable bonds is 4. The summed E-state index contributed by atoms with van der Waals surface area (Å²) < 4.78 is 39.8. The molecule has 0 aliphatic rings. The Bertz CT molecular complexity index is 790. The Morgan fingerprint density at radius 1 is 1.14 bits per heavy atom. The van der Waals surface area contributed by atoms with E-state index in [1.807, 2.05) is 0 Å². The van der Waals surface area contributed by atoms with Gasteiger partial charge in [-0.2, -0.15) is 0 Å². The summed E-state index contributed by atoms with van der Waals surface area (Å²) in [6.45, 7) is 0. The highest BCUT2D eigenvalue weighted by molar-refractivity contribution is 7.92. The van der Waals surface area contributed by atoms with E-state index in [4.69, 9.17) is 11.6 Å². The largest absolute Gasteiger partial charge is 0.545 e. The van der Waals surface area contributed by atoms with E-state index < -0.39 is 26.7 Å². The number of carbonyl (C=O) groups is 1. The van der Waals surface area contributed by atoms with Crippen LogP contribution in [-0.2, 0) is 10.0 Å². The van der Waals surface area contributed by atoms with E-state index in [9.17, 15) is 22.7 Å². The van der Waals surface area contributed by atoms with Gasteiger partial charge in [-0.25, -0.2) is 12.8 Å². The van der Waals surface area contributed by atoms with Gasteiger partial charge < -0.3 is 9.90 Å². The molecule has 0 heterocycles. The van der Waals surface area contributed by atoms with Gasteiger partial charge in [0.25, 0.3) is 10.0 Å². The molecule has 0 aliphatic heterocycles. The number of anilines is 1. The van der Waals surface area contributed by atoms with Gasteiger partial charge in [0, 0.05) is 10.7 Å². The average molecular weight is 329 g/mol. The van der Waals surface area contributed by atoms with Crippen LogP contribution in [0, 0.1) is 5.82 Å². The lowest BCUT2D eigenvalue weighted by Gasteiger charge is -2.10. The molecule has 110 valence electrons. The van der Waals surface area contributed by atoms with Gasteiger partial charge in [-0.1, -0.05) is 23.7 Å². The normalized spacial score (nSPS) is 11.1. The predicted octanol–water partition coefficient (Wildman–Crippen LogP) is 1.64. The molecular formula is C13H8ClFNO4S-. The van der Waals surface area contributed by atoms with Gasteiger partial charge in [0.1, 0.15) is 10.7 Å². The monoisotopic (exact) mass is 328 g/mol. The van der Waals surface area contributed by atoms with Crippen LogP contribution in [0.2, 0.25) is 5.02 Å². The molecule has 21 heavy (non-hydrogen) atoms. The summed E-state index contributed by atoms with van der Waals surface area (Å²) in [5.74, 6) is -2.37. The van der Waals surface area contributed by atoms with E-state index >= 15 is 0 Å². The SMILES string of the molecule is O=C([O-])c1ccc(NS(=O)(=O)c2ccc(Cl)cc2F)cc1. The molecule has 1 N–H and O–H groups in total. The van der Waals surface area contributed by atoms with Crippen LogP contribution in [0.25, 0.3) is 0 Å². The number of benzene rings is 2. The highest BCUT2D eigenvalue weighted by atomic mass is 35.5. The third-order valence-electron chi connectivity index (χ3n) is 2.56. The van der Waals surface area contributed by atoms with E-state index in [0.717, 1.165) is 12.1 Å². The highest BCUT2D eigenvalue weighted by Crippen LogP contribution is 2.21. The Morgan fingerprint density at radius 2 is 1.76 bits per heavy atom. The zero-order valence-corrected chi connectivity index (χ0v) is 11.9. The fraction of sp³-hybridized carbons (Fsp3) is 0. The molecule has 0 aromatic heterocycles. The van der Waals surface area contributed by atoms with Crippen LogP contribution in [0.5, 0.6) is 0 Å². The van der Waals surface area contributed by atoms with Gasteiger partial charge in [0.15, 0.2) is 0 Å². The molecule has 0 bridgehead atoms. The second kappa shape index (κ2) is 5.71. The topological polar surface area (TPSA) is 86.3 Å². The van der Waals surface area contributed by atoms with Crippen molar-refractivity contribution in [2.75, 3.05) is 4.72 Å². The molecule has 5 nitrogen and oxygen atoms in total. The second-order valence-electron chi connectivity index (χ2n) is 4.05. The first kappa shape index (κ1) is 15.3. The Hall–Kier alpha value is -2.12. The molecule has 0 saturated heterocycles. The first-order valence-electron chi connectivity index (χ1n) is 5.59. The van der Waals surface area contributed by atoms with E-state index in [-0.39, 0.29) is 16.3 Å². The van der Waals surface area contributed by atoms with Crippen molar-refractivity contribution in [3.8, 4) is 0 Å². The second-order valence-corrected chi connectivity index (χ2v) is 6.13. The molecule has 0 spiro atoms. The van der Waals surface area contributed by atoms with Crippen LogP contribution in [0.15, 0.2) is 47.4 Å². The number of carboxylic acid groups (broad SMARTS) is 1. The minimum absolute atomic E-state index is 0.0739. The maximum atomic E-state index is 13.6. The zero-order valence-electron chi connectivity index (χ0n) is 10.3. The molecule has 0 aliphatic carbocycles. The van der Waals surface area contributed by atoms with E-state index in [2.05, 4.69) is 4.72 Å². The van der Waals surface area contributed by atoms with Gasteiger partial charge in [0.2, 0.25) is 0 Å². The number of halogens is 2. The lowest BCUT2D eigenvalue weighted by molar-refractivity contribution is -0.255. The van der Waals surface area contributed by atoms with Crippen molar-refractivity contribution in [2.24, 2.45) is 0 Å². The van der Waals surface area contributed by atoms with Crippen LogP contribution in [0.3, 0.4) is 0 Å². The summed E-state index contributed by atoms with van der Waals surface area (Å²) in [6, 6.07) is 7.98. The summed E-state index contributed by atoms with van der Waals surface area (Å²) in [5.41, 5.74) is -0.00929. The fourth-order valence-electron chi connectivity index (χ4n) is 1.58. The van der Waals surface area contributed by atoms with E-state index in [0.29, 0.717) is 0 Å². The summed E-state index contributed by atoms with van der Waals surface area (Å²) >= 11 is 5.56. The van der Waals surface area contributed by atoms with E-state index in [1.54, 1.807) is 0 Å². The molecule has 0 amide bonds. The quantitative estimate of drug-likeness (QED) is 0.924. The molecule has 8 heteroatoms. The average Bonchev–Trinajstić information content (AvgIpc) is 2.38. The number of carbonyl (C=O) groups excluding carboxylic acids is 1. The van der Waals surface area contributed by atoms with Crippen molar-refractivity contribution in [1.29, 1.82) is 0 Å². The van der Waals surface area contributed by atoms with Crippen LogP contribution in [0.4, 0.5) is 10.1 Å². The van der Waals surface area contributed by atoms with E-state index in [1.165, 1.54) is 30.3 Å². The summed E-state index contributed by atoms with van der Waals surface area (Å²) in [7, 11) is -4.14. The fourth-order valence-corrected chi connectivity index (χ4v) is 2.86. The van der Waals surface area contributed by atoms with Crippen LogP contribution in [-0.4, -0.2) is 14.4 Å². The molecule has 0 unspecified atom stereocenters. The molecule has 0 fully saturated rings. The summed E-state index contributed by atoms with van der Waals surface area (Å²) in [5, 5.41) is 10.7. The maximum Gasteiger partial charge on any atom is 0.264 e. The van der Waals surface area contributed by atoms with Gasteiger partial charge in [-0.15, -0.1) is 0 Å². The standard InChI is InChI=1S/C13H9ClFNO4S/c14-9-3-6-12(11(15)7-9)21(19,20)16-10-4-1-8(2-5-10)13(17)18/h1-7,16H,(H,17,18)/p-1. The van der Waals surface area contributed by atoms with Crippen molar-refractivity contribution in [1.82, 2.24) is 0 Å². The van der Waals surface area contributed by atoms with Gasteiger partial charge in [-0.3, -0.25) is 4.72 Å². The number of aromatic carboxylic acids is 1. The van der Waals surface area contributed by atoms with Crippen LogP contribution in [0.1, 0.15) is 10.4 Å². The van der Waals surface area contributed by atoms with Gasteiger partial charge in [0.05, 0.1) is 5.97 Å². The molecule has 2 aromatic rings. The third-order valence-corrected chi connectivity index (χ3v) is 4.21. The van der Waals surface area contributed by atoms with Crippen molar-refractivity contribution in [3.63, 3.8) is 0 Å². The first-order chi connectivity index (χ1) is 9.79. The summed E-state index contributed by atoms with van der Waals surface area (Å²) in [4.78, 5) is 10.0. The van der Waals surface area contributed by atoms with Crippen molar-refractivity contribution in [3.05, 3.63) is 58.9 Å². The Balaban J connectivity index is 2.30. The number of nitrogens with one attached hydrogen (secondary N) is 1. The highest BCUT2D eigenvalue weighted by Gasteiger charge is 2.19. The molecule has 2 aromatic carbocycles. The maximum absolute atomic E-state index is 13.6. The molecule has 0 saturated carbocycles. The third kappa shape index (κ3) is 3.50.